The Bertz CT molecular complexity index is 211. The van der Waals surface area contributed by atoms with E-state index in [0.717, 1.165) is 12.8 Å². The Labute approximate surface area is 104 Å². The van der Waals surface area contributed by atoms with E-state index in [9.17, 15) is 4.57 Å². The van der Waals surface area contributed by atoms with E-state index in [0.29, 0.717) is 39.4 Å². The lowest BCUT2D eigenvalue weighted by Gasteiger charge is -2.29. The molecule has 0 fully saturated rings. The first-order valence-corrected chi connectivity index (χ1v) is 7.68. The third-order valence-corrected chi connectivity index (χ3v) is 4.43. The van der Waals surface area contributed by atoms with Gasteiger partial charge in [0.25, 0.3) is 0 Å². The highest BCUT2D eigenvalue weighted by Gasteiger charge is 2.31. The van der Waals surface area contributed by atoms with Gasteiger partial charge in [-0.05, 0) is 39.8 Å². The summed E-state index contributed by atoms with van der Waals surface area (Å²) in [5.74, 6) is 0. The first-order valence-electron chi connectivity index (χ1n) is 6.19. The van der Waals surface area contributed by atoms with Gasteiger partial charge in [0.05, 0.1) is 13.2 Å². The zero-order chi connectivity index (χ0) is 13.1. The van der Waals surface area contributed by atoms with Gasteiger partial charge in [0.15, 0.2) is 0 Å². The minimum absolute atomic E-state index is 0.360. The summed E-state index contributed by atoms with van der Waals surface area (Å²) in [6.45, 7) is 6.64. The second-order valence-corrected chi connectivity index (χ2v) is 5.56. The summed E-state index contributed by atoms with van der Waals surface area (Å²) in [6, 6.07) is 0. The van der Waals surface area contributed by atoms with Crippen LogP contribution in [-0.4, -0.2) is 44.1 Å². The number of hydrogen-bond donors (Lipinski definition) is 2. The highest BCUT2D eigenvalue weighted by Crippen LogP contribution is 2.51. The van der Waals surface area contributed by atoms with Crippen LogP contribution in [0.25, 0.3) is 0 Å². The number of nitrogens with zero attached hydrogens (tertiary/aromatic N) is 1. The highest BCUT2D eigenvalue weighted by molar-refractivity contribution is 7.51. The van der Waals surface area contributed by atoms with Crippen molar-refractivity contribution in [3.63, 3.8) is 0 Å². The predicted octanol–water partition coefficient (Wildman–Crippen LogP) is 1.17. The van der Waals surface area contributed by atoms with Gasteiger partial charge in [0.2, 0.25) is 0 Å². The Hall–Kier alpha value is 0.0300. The van der Waals surface area contributed by atoms with Crippen LogP contribution in [0.2, 0.25) is 0 Å². The lowest BCUT2D eigenvalue weighted by atomic mass is 10.4. The van der Waals surface area contributed by atoms with E-state index in [2.05, 4.69) is 0 Å². The molecule has 0 spiro atoms. The SMILES string of the molecule is CCOP(=O)(OCC)N(CCCN)CCCN. The molecular weight excluding hydrogens is 241 g/mol. The van der Waals surface area contributed by atoms with Crippen LogP contribution in [0.5, 0.6) is 0 Å². The van der Waals surface area contributed by atoms with Gasteiger partial charge in [0.1, 0.15) is 0 Å². The Morgan fingerprint density at radius 1 is 1.00 bits per heavy atom. The van der Waals surface area contributed by atoms with Crippen molar-refractivity contribution < 1.29 is 13.6 Å². The molecule has 0 aliphatic heterocycles. The van der Waals surface area contributed by atoms with Crippen molar-refractivity contribution in [3.8, 4) is 0 Å². The second kappa shape index (κ2) is 10.00. The minimum atomic E-state index is -3.17. The lowest BCUT2D eigenvalue weighted by molar-refractivity contribution is 0.166. The van der Waals surface area contributed by atoms with Crippen LogP contribution in [0.3, 0.4) is 0 Å². The van der Waals surface area contributed by atoms with Crippen molar-refractivity contribution >= 4 is 7.75 Å². The Kier molecular flexibility index (Phi) is 10.0. The number of hydrogen-bond acceptors (Lipinski definition) is 5. The molecule has 0 radical (unpaired) electrons. The standard InChI is InChI=1S/C10H26N3O3P/c1-3-15-17(14,16-4-2)13(9-5-7-11)10-6-8-12/h3-12H2,1-2H3. The molecule has 0 aliphatic rings. The van der Waals surface area contributed by atoms with Gasteiger partial charge in [0, 0.05) is 13.1 Å². The topological polar surface area (TPSA) is 90.8 Å². The van der Waals surface area contributed by atoms with Crippen LogP contribution in [0, 0.1) is 0 Å². The summed E-state index contributed by atoms with van der Waals surface area (Å²) in [5, 5.41) is 0. The molecule has 0 saturated heterocycles. The third kappa shape index (κ3) is 6.50. The minimum Gasteiger partial charge on any atom is -0.330 e. The smallest absolute Gasteiger partial charge is 0.330 e. The van der Waals surface area contributed by atoms with E-state index >= 15 is 0 Å². The molecule has 0 aromatic rings. The maximum atomic E-state index is 12.5. The van der Waals surface area contributed by atoms with Gasteiger partial charge < -0.3 is 11.5 Å². The fourth-order valence-electron chi connectivity index (χ4n) is 1.43. The van der Waals surface area contributed by atoms with Gasteiger partial charge in [-0.25, -0.2) is 9.24 Å². The zero-order valence-corrected chi connectivity index (χ0v) is 11.8. The van der Waals surface area contributed by atoms with Crippen LogP contribution in [0.15, 0.2) is 0 Å². The molecule has 0 saturated carbocycles. The van der Waals surface area contributed by atoms with Crippen molar-refractivity contribution in [1.29, 1.82) is 0 Å². The molecule has 0 aromatic carbocycles. The summed E-state index contributed by atoms with van der Waals surface area (Å²) in [4.78, 5) is 0. The molecule has 17 heavy (non-hydrogen) atoms. The van der Waals surface area contributed by atoms with Crippen molar-refractivity contribution in [2.45, 2.75) is 26.7 Å². The first kappa shape index (κ1) is 17.0. The van der Waals surface area contributed by atoms with E-state index < -0.39 is 7.75 Å². The molecule has 0 unspecified atom stereocenters. The molecule has 0 bridgehead atoms. The van der Waals surface area contributed by atoms with E-state index in [1.54, 1.807) is 18.5 Å². The molecule has 0 aromatic heterocycles. The van der Waals surface area contributed by atoms with Gasteiger partial charge >= 0.3 is 7.75 Å². The van der Waals surface area contributed by atoms with Gasteiger partial charge in [-0.1, -0.05) is 0 Å². The largest absolute Gasteiger partial charge is 0.408 e. The summed E-state index contributed by atoms with van der Waals surface area (Å²) in [5.41, 5.74) is 10.9. The van der Waals surface area contributed by atoms with Gasteiger partial charge in [-0.15, -0.1) is 0 Å². The fraction of sp³-hybridized carbons (Fsp3) is 1.00. The van der Waals surface area contributed by atoms with Crippen molar-refractivity contribution in [2.24, 2.45) is 11.5 Å². The summed E-state index contributed by atoms with van der Waals surface area (Å²) in [7, 11) is -3.17. The van der Waals surface area contributed by atoms with Gasteiger partial charge in [-0.2, -0.15) is 0 Å². The maximum Gasteiger partial charge on any atom is 0.408 e. The van der Waals surface area contributed by atoms with Crippen molar-refractivity contribution in [1.82, 2.24) is 4.67 Å². The monoisotopic (exact) mass is 267 g/mol. The fourth-order valence-corrected chi connectivity index (χ4v) is 3.26. The number of nitrogens with two attached hydrogens (primary N) is 2. The van der Waals surface area contributed by atoms with Crippen molar-refractivity contribution in [3.05, 3.63) is 0 Å². The van der Waals surface area contributed by atoms with Crippen LogP contribution in [0.4, 0.5) is 0 Å². The summed E-state index contributed by atoms with van der Waals surface area (Å²) >= 11 is 0. The Morgan fingerprint density at radius 3 is 1.71 bits per heavy atom. The highest BCUT2D eigenvalue weighted by atomic mass is 31.2. The molecule has 0 atom stereocenters. The molecule has 6 nitrogen and oxygen atoms in total. The normalized spacial score (nSPS) is 12.3. The average Bonchev–Trinajstić information content (AvgIpc) is 2.29. The second-order valence-electron chi connectivity index (χ2n) is 3.54. The third-order valence-electron chi connectivity index (χ3n) is 2.17. The molecule has 4 N–H and O–H groups in total. The van der Waals surface area contributed by atoms with E-state index in [1.165, 1.54) is 0 Å². The average molecular weight is 267 g/mol. The molecule has 0 amide bonds. The lowest BCUT2D eigenvalue weighted by Crippen LogP contribution is -2.28. The van der Waals surface area contributed by atoms with Crippen LogP contribution in [-0.2, 0) is 13.6 Å². The molecule has 7 heteroatoms. The van der Waals surface area contributed by atoms with E-state index in [4.69, 9.17) is 20.5 Å². The van der Waals surface area contributed by atoms with Crippen LogP contribution < -0.4 is 11.5 Å². The van der Waals surface area contributed by atoms with E-state index in [1.807, 2.05) is 0 Å². The van der Waals surface area contributed by atoms with Gasteiger partial charge in [-0.3, -0.25) is 9.05 Å². The zero-order valence-electron chi connectivity index (χ0n) is 10.9. The predicted molar refractivity (Wildman–Crippen MR) is 69.8 cm³/mol. The van der Waals surface area contributed by atoms with Crippen LogP contribution in [0.1, 0.15) is 26.7 Å². The first-order chi connectivity index (χ1) is 8.14. The molecular formula is C10H26N3O3P. The van der Waals surface area contributed by atoms with Crippen LogP contribution >= 0.6 is 7.75 Å². The Morgan fingerprint density at radius 2 is 1.41 bits per heavy atom. The summed E-state index contributed by atoms with van der Waals surface area (Å²) in [6.07, 6.45) is 1.52. The summed E-state index contributed by atoms with van der Waals surface area (Å²) < 4.78 is 24.9. The number of rotatable bonds is 11. The quantitative estimate of drug-likeness (QED) is 0.546. The maximum absolute atomic E-state index is 12.5. The molecule has 0 rings (SSSR count). The van der Waals surface area contributed by atoms with E-state index in [-0.39, 0.29) is 0 Å². The molecule has 104 valence electrons. The molecule has 0 heterocycles. The molecule has 0 aliphatic carbocycles. The van der Waals surface area contributed by atoms with Crippen molar-refractivity contribution in [2.75, 3.05) is 39.4 Å². The Balaban J connectivity index is 4.59.